The first kappa shape index (κ1) is 16.4. The zero-order chi connectivity index (χ0) is 16.9. The van der Waals surface area contributed by atoms with Crippen LogP contribution < -0.4 is 10.4 Å². The summed E-state index contributed by atoms with van der Waals surface area (Å²) >= 11 is 0. The number of aryl methyl sites for hydroxylation is 1. The normalized spacial score (nSPS) is 11.3. The van der Waals surface area contributed by atoms with Gasteiger partial charge in [-0.15, -0.1) is 0 Å². The fraction of sp³-hybridized carbons (Fsp3) is 0.350. The van der Waals surface area contributed by atoms with Crippen molar-refractivity contribution < 1.29 is 4.74 Å². The molecule has 4 nitrogen and oxygen atoms in total. The minimum atomic E-state index is 0.514. The number of fused-ring (bicyclic) bond motifs is 1. The van der Waals surface area contributed by atoms with Crippen molar-refractivity contribution in [2.45, 2.75) is 33.4 Å². The molecule has 0 amide bonds. The molecule has 126 valence electrons. The largest absolute Gasteiger partial charge is 0.494 e. The van der Waals surface area contributed by atoms with E-state index in [1.54, 1.807) is 0 Å². The van der Waals surface area contributed by atoms with Gasteiger partial charge in [0.2, 0.25) is 5.62 Å². The maximum atomic E-state index is 8.55. The first-order valence-corrected chi connectivity index (χ1v) is 8.57. The van der Waals surface area contributed by atoms with Crippen LogP contribution in [0.5, 0.6) is 5.75 Å². The molecule has 0 spiro atoms. The molecule has 1 N–H and O–H groups in total. The number of imidazole rings is 1. The lowest BCUT2D eigenvalue weighted by Gasteiger charge is -2.08. The van der Waals surface area contributed by atoms with Crippen molar-refractivity contribution in [3.8, 4) is 5.75 Å². The van der Waals surface area contributed by atoms with Gasteiger partial charge in [-0.05, 0) is 36.6 Å². The third kappa shape index (κ3) is 3.53. The molecule has 0 aliphatic rings. The number of aromatic nitrogens is 2. The second-order valence-electron chi connectivity index (χ2n) is 6.48. The molecule has 0 saturated heterocycles. The van der Waals surface area contributed by atoms with E-state index in [9.17, 15) is 0 Å². The Morgan fingerprint density at radius 3 is 2.21 bits per heavy atom. The fourth-order valence-electron chi connectivity index (χ4n) is 3.00. The van der Waals surface area contributed by atoms with Crippen LogP contribution >= 0.6 is 0 Å². The topological polar surface area (TPSA) is 42.9 Å². The number of ether oxygens (including phenoxy) is 1. The summed E-state index contributed by atoms with van der Waals surface area (Å²) in [4.78, 5) is 0. The molecule has 3 rings (SSSR count). The van der Waals surface area contributed by atoms with E-state index >= 15 is 0 Å². The minimum absolute atomic E-state index is 0.514. The van der Waals surface area contributed by atoms with E-state index in [4.69, 9.17) is 10.1 Å². The Morgan fingerprint density at radius 2 is 1.54 bits per heavy atom. The van der Waals surface area contributed by atoms with Crippen LogP contribution in [0.4, 0.5) is 0 Å². The van der Waals surface area contributed by atoms with E-state index in [0.29, 0.717) is 18.1 Å². The fourth-order valence-corrected chi connectivity index (χ4v) is 3.00. The van der Waals surface area contributed by atoms with Crippen LogP contribution in [0.3, 0.4) is 0 Å². The highest BCUT2D eigenvalue weighted by Crippen LogP contribution is 2.15. The van der Waals surface area contributed by atoms with Crippen molar-refractivity contribution in [3.05, 3.63) is 60.2 Å². The van der Waals surface area contributed by atoms with Gasteiger partial charge in [0, 0.05) is 13.1 Å². The molecule has 0 aliphatic carbocycles. The molecule has 0 unspecified atom stereocenters. The van der Waals surface area contributed by atoms with Gasteiger partial charge in [-0.1, -0.05) is 44.2 Å². The van der Waals surface area contributed by atoms with E-state index in [1.165, 1.54) is 0 Å². The van der Waals surface area contributed by atoms with Crippen LogP contribution in [0.25, 0.3) is 11.0 Å². The third-order valence-corrected chi connectivity index (χ3v) is 4.06. The molecular weight excluding hydrogens is 298 g/mol. The maximum Gasteiger partial charge on any atom is 0.203 e. The smallest absolute Gasteiger partial charge is 0.203 e. The predicted molar refractivity (Wildman–Crippen MR) is 97.2 cm³/mol. The van der Waals surface area contributed by atoms with Crippen LogP contribution in [-0.2, 0) is 13.1 Å². The first-order valence-electron chi connectivity index (χ1n) is 8.57. The van der Waals surface area contributed by atoms with Crippen molar-refractivity contribution in [3.63, 3.8) is 0 Å². The molecule has 0 aliphatic heterocycles. The molecule has 0 bridgehead atoms. The molecule has 0 fully saturated rings. The lowest BCUT2D eigenvalue weighted by Crippen LogP contribution is -2.26. The molecule has 0 atom stereocenters. The van der Waals surface area contributed by atoms with Gasteiger partial charge in [0.05, 0.1) is 17.6 Å². The Kier molecular flexibility index (Phi) is 5.04. The number of hydrogen-bond acceptors (Lipinski definition) is 2. The highest BCUT2D eigenvalue weighted by Gasteiger charge is 2.11. The molecule has 2 aromatic carbocycles. The van der Waals surface area contributed by atoms with Gasteiger partial charge < -0.3 is 13.9 Å². The van der Waals surface area contributed by atoms with Crippen LogP contribution in [-0.4, -0.2) is 15.7 Å². The number of para-hydroxylation sites is 3. The summed E-state index contributed by atoms with van der Waals surface area (Å²) in [6.07, 6.45) is 0.876. The Morgan fingerprint density at radius 1 is 0.917 bits per heavy atom. The first-order chi connectivity index (χ1) is 11.7. The Hall–Kier alpha value is -2.49. The lowest BCUT2D eigenvalue weighted by atomic mass is 10.2. The number of benzene rings is 2. The van der Waals surface area contributed by atoms with Crippen molar-refractivity contribution >= 4 is 11.0 Å². The minimum Gasteiger partial charge on any atom is -0.494 e. The number of nitrogens with zero attached hydrogens (tertiary/aromatic N) is 2. The van der Waals surface area contributed by atoms with Crippen LogP contribution in [0.1, 0.15) is 20.3 Å². The maximum absolute atomic E-state index is 8.55. The highest BCUT2D eigenvalue weighted by atomic mass is 16.5. The molecule has 1 heterocycles. The average Bonchev–Trinajstić information content (AvgIpc) is 2.85. The van der Waals surface area contributed by atoms with E-state index in [2.05, 4.69) is 35.1 Å². The standard InChI is InChI=1S/C20H25N3O/c1-16(2)15-23-19-12-7-6-11-18(19)22(20(23)21)13-8-14-24-17-9-4-3-5-10-17/h3-7,9-12,16,21H,8,13-15H2,1-2H3. The van der Waals surface area contributed by atoms with Gasteiger partial charge >= 0.3 is 0 Å². The summed E-state index contributed by atoms with van der Waals surface area (Å²) in [5, 5.41) is 8.55. The highest BCUT2D eigenvalue weighted by molar-refractivity contribution is 5.75. The summed E-state index contributed by atoms with van der Waals surface area (Å²) in [7, 11) is 0. The zero-order valence-electron chi connectivity index (χ0n) is 14.4. The molecular formula is C20H25N3O. The van der Waals surface area contributed by atoms with Crippen molar-refractivity contribution in [1.82, 2.24) is 9.13 Å². The van der Waals surface area contributed by atoms with E-state index in [1.807, 2.05) is 42.5 Å². The van der Waals surface area contributed by atoms with Crippen molar-refractivity contribution in [2.24, 2.45) is 5.92 Å². The third-order valence-electron chi connectivity index (χ3n) is 4.06. The second-order valence-corrected chi connectivity index (χ2v) is 6.48. The van der Waals surface area contributed by atoms with Crippen LogP contribution in [0, 0.1) is 11.3 Å². The SMILES string of the molecule is CC(C)Cn1c(=N)n(CCCOc2ccccc2)c2ccccc21. The van der Waals surface area contributed by atoms with Crippen LogP contribution in [0.2, 0.25) is 0 Å². The van der Waals surface area contributed by atoms with Crippen LogP contribution in [0.15, 0.2) is 54.6 Å². The van der Waals surface area contributed by atoms with E-state index in [0.717, 1.165) is 36.3 Å². The quantitative estimate of drug-likeness (QED) is 0.655. The molecule has 24 heavy (non-hydrogen) atoms. The summed E-state index contributed by atoms with van der Waals surface area (Å²) in [5.74, 6) is 1.41. The molecule has 0 saturated carbocycles. The van der Waals surface area contributed by atoms with Gasteiger partial charge in [0.1, 0.15) is 5.75 Å². The van der Waals surface area contributed by atoms with Gasteiger partial charge in [-0.3, -0.25) is 5.41 Å². The average molecular weight is 323 g/mol. The Labute approximate surface area is 142 Å². The van der Waals surface area contributed by atoms with Gasteiger partial charge in [-0.2, -0.15) is 0 Å². The second kappa shape index (κ2) is 7.39. The Bertz CT molecular complexity index is 846. The van der Waals surface area contributed by atoms with E-state index in [-0.39, 0.29) is 0 Å². The molecule has 1 aromatic heterocycles. The van der Waals surface area contributed by atoms with Gasteiger partial charge in [0.15, 0.2) is 0 Å². The Balaban J connectivity index is 1.74. The summed E-state index contributed by atoms with van der Waals surface area (Å²) < 4.78 is 9.97. The van der Waals surface area contributed by atoms with Crippen molar-refractivity contribution in [2.75, 3.05) is 6.61 Å². The van der Waals surface area contributed by atoms with E-state index < -0.39 is 0 Å². The molecule has 3 aromatic rings. The van der Waals surface area contributed by atoms with Gasteiger partial charge in [0.25, 0.3) is 0 Å². The van der Waals surface area contributed by atoms with Crippen molar-refractivity contribution in [1.29, 1.82) is 5.41 Å². The monoisotopic (exact) mass is 323 g/mol. The lowest BCUT2D eigenvalue weighted by molar-refractivity contribution is 0.301. The number of hydrogen-bond donors (Lipinski definition) is 1. The molecule has 4 heteroatoms. The summed E-state index contributed by atoms with van der Waals surface area (Å²) in [5.41, 5.74) is 2.84. The number of nitrogens with one attached hydrogen (secondary N) is 1. The number of rotatable bonds is 7. The summed E-state index contributed by atoms with van der Waals surface area (Å²) in [6, 6.07) is 18.2. The zero-order valence-corrected chi connectivity index (χ0v) is 14.4. The molecule has 0 radical (unpaired) electrons. The summed E-state index contributed by atoms with van der Waals surface area (Å²) in [6.45, 7) is 6.68. The van der Waals surface area contributed by atoms with Gasteiger partial charge in [-0.25, -0.2) is 0 Å². The predicted octanol–water partition coefficient (Wildman–Crippen LogP) is 4.05.